The van der Waals surface area contributed by atoms with Crippen molar-refractivity contribution in [3.05, 3.63) is 97.2 Å². The van der Waals surface area contributed by atoms with Crippen LogP contribution in [0, 0.1) is 6.07 Å². The molecule has 0 aliphatic carbocycles. The molecule has 0 aliphatic rings. The number of fused-ring (bicyclic) bond motifs is 3. The quantitative estimate of drug-likeness (QED) is 0.266. The van der Waals surface area contributed by atoms with Crippen molar-refractivity contribution in [1.29, 1.82) is 0 Å². The number of nitrogens with zero attached hydrogens (tertiary/aromatic N) is 2. The first-order chi connectivity index (χ1) is 12.4. The topological polar surface area (TPSA) is 17.8 Å². The van der Waals surface area contributed by atoms with Gasteiger partial charge in [-0.3, -0.25) is 0 Å². The zero-order chi connectivity index (χ0) is 16.6. The Bertz CT molecular complexity index is 1140. The summed E-state index contributed by atoms with van der Waals surface area (Å²) >= 11 is 0. The zero-order valence-electron chi connectivity index (χ0n) is 13.9. The predicted molar refractivity (Wildman–Crippen MR) is 103 cm³/mol. The minimum absolute atomic E-state index is 0. The number of benzene rings is 3. The van der Waals surface area contributed by atoms with Crippen LogP contribution in [0.1, 0.15) is 0 Å². The van der Waals surface area contributed by atoms with Gasteiger partial charge in [0.05, 0.1) is 11.0 Å². The Morgan fingerprint density at radius 3 is 2.04 bits per heavy atom. The molecule has 0 aliphatic heterocycles. The third-order valence-electron chi connectivity index (χ3n) is 4.56. The first-order valence-electron chi connectivity index (χ1n) is 8.33. The molecule has 2 heterocycles. The first kappa shape index (κ1) is 16.7. The molecular weight excluding hydrogens is 407 g/mol. The van der Waals surface area contributed by atoms with E-state index in [9.17, 15) is 0 Å². The van der Waals surface area contributed by atoms with Crippen molar-refractivity contribution in [2.24, 2.45) is 0 Å². The number of para-hydroxylation sites is 2. The van der Waals surface area contributed by atoms with E-state index in [4.69, 9.17) is 0 Å². The van der Waals surface area contributed by atoms with Gasteiger partial charge in [-0.2, -0.15) is 0 Å². The summed E-state index contributed by atoms with van der Waals surface area (Å²) in [4.78, 5) is 4.46. The van der Waals surface area contributed by atoms with Crippen LogP contribution in [0.25, 0.3) is 38.8 Å². The summed E-state index contributed by atoms with van der Waals surface area (Å²) in [6.45, 7) is 0. The van der Waals surface area contributed by atoms with Crippen molar-refractivity contribution < 1.29 is 19.5 Å². The summed E-state index contributed by atoms with van der Waals surface area (Å²) in [6, 6.07) is 32.6. The molecule has 127 valence electrons. The summed E-state index contributed by atoms with van der Waals surface area (Å²) in [5.41, 5.74) is 5.48. The van der Waals surface area contributed by atoms with E-state index in [2.05, 4.69) is 76.3 Å². The minimum atomic E-state index is 0. The predicted octanol–water partition coefficient (Wildman–Crippen LogP) is 5.64. The number of hydrogen-bond acceptors (Lipinski definition) is 1. The van der Waals surface area contributed by atoms with Gasteiger partial charge in [-0.25, -0.2) is 0 Å². The smallest absolute Gasteiger partial charge is 0.0523 e. The van der Waals surface area contributed by atoms with Crippen molar-refractivity contribution in [2.75, 3.05) is 0 Å². The average molecular weight is 422 g/mol. The Morgan fingerprint density at radius 2 is 1.38 bits per heavy atom. The summed E-state index contributed by atoms with van der Waals surface area (Å²) in [5, 5.41) is 2.54. The third kappa shape index (κ3) is 2.65. The molecule has 1 radical (unpaired) electrons. The van der Waals surface area contributed by atoms with Gasteiger partial charge in [-0.05, 0) is 29.6 Å². The fourth-order valence-corrected chi connectivity index (χ4v) is 3.46. The largest absolute Gasteiger partial charge is 0.327 e. The van der Waals surface area contributed by atoms with Gasteiger partial charge in [0.2, 0.25) is 0 Å². The van der Waals surface area contributed by atoms with Crippen LogP contribution in [0.15, 0.2) is 91.1 Å². The second-order valence-electron chi connectivity index (χ2n) is 6.05. The fourth-order valence-electron chi connectivity index (χ4n) is 3.46. The molecule has 2 aromatic heterocycles. The van der Waals surface area contributed by atoms with Crippen LogP contribution in [0.2, 0.25) is 0 Å². The molecule has 2 nitrogen and oxygen atoms in total. The number of aromatic nitrogens is 2. The molecular formula is C23H15N2Rh-. The molecule has 0 bridgehead atoms. The van der Waals surface area contributed by atoms with Crippen LogP contribution in [-0.4, -0.2) is 9.55 Å². The van der Waals surface area contributed by atoms with Crippen LogP contribution in [0.4, 0.5) is 0 Å². The van der Waals surface area contributed by atoms with Crippen molar-refractivity contribution in [3.63, 3.8) is 0 Å². The van der Waals surface area contributed by atoms with Gasteiger partial charge in [0.25, 0.3) is 0 Å². The Balaban J connectivity index is 0.00000168. The van der Waals surface area contributed by atoms with Crippen molar-refractivity contribution in [2.45, 2.75) is 0 Å². The Kier molecular flexibility index (Phi) is 4.40. The van der Waals surface area contributed by atoms with Gasteiger partial charge >= 0.3 is 0 Å². The molecule has 0 saturated carbocycles. The van der Waals surface area contributed by atoms with Gasteiger partial charge < -0.3 is 9.55 Å². The molecule has 0 saturated heterocycles. The third-order valence-corrected chi connectivity index (χ3v) is 4.56. The zero-order valence-corrected chi connectivity index (χ0v) is 15.5. The average Bonchev–Trinajstić information content (AvgIpc) is 3.03. The normalized spacial score (nSPS) is 10.8. The number of rotatable bonds is 2. The van der Waals surface area contributed by atoms with E-state index in [0.29, 0.717) is 0 Å². The van der Waals surface area contributed by atoms with Gasteiger partial charge in [0.1, 0.15) is 0 Å². The van der Waals surface area contributed by atoms with E-state index in [-0.39, 0.29) is 19.5 Å². The van der Waals surface area contributed by atoms with E-state index in [1.807, 2.05) is 30.5 Å². The van der Waals surface area contributed by atoms with Crippen molar-refractivity contribution in [1.82, 2.24) is 9.55 Å². The Labute approximate surface area is 164 Å². The SMILES string of the molecule is [Rh].[c-]1ccc(-n2c3ccccc3c3ccccc32)cc1-c1ccccn1. The van der Waals surface area contributed by atoms with Crippen LogP contribution >= 0.6 is 0 Å². The molecule has 0 fully saturated rings. The van der Waals surface area contributed by atoms with Gasteiger partial charge in [0.15, 0.2) is 0 Å². The molecule has 0 unspecified atom stereocenters. The summed E-state index contributed by atoms with van der Waals surface area (Å²) in [5.74, 6) is 0. The molecule has 0 amide bonds. The number of pyridine rings is 1. The monoisotopic (exact) mass is 422 g/mol. The standard InChI is InChI=1S/C23H15N2.Rh/c1-3-13-22-19(10-1)20-11-2-4-14-23(20)25(22)18-9-7-8-17(16-18)21-12-5-6-15-24-21;/h1-7,9-16H;/q-1;. The van der Waals surface area contributed by atoms with Crippen LogP contribution in [-0.2, 0) is 19.5 Å². The second kappa shape index (κ2) is 6.86. The summed E-state index contributed by atoms with van der Waals surface area (Å²) < 4.78 is 2.31. The number of hydrogen-bond donors (Lipinski definition) is 0. The first-order valence-corrected chi connectivity index (χ1v) is 8.33. The molecule has 5 rings (SSSR count). The van der Waals surface area contributed by atoms with Crippen molar-refractivity contribution in [3.8, 4) is 16.9 Å². The molecule has 0 spiro atoms. The Morgan fingerprint density at radius 1 is 0.731 bits per heavy atom. The van der Waals surface area contributed by atoms with E-state index in [0.717, 1.165) is 16.9 Å². The fraction of sp³-hybridized carbons (Fsp3) is 0. The van der Waals surface area contributed by atoms with Crippen LogP contribution < -0.4 is 0 Å². The van der Waals surface area contributed by atoms with Gasteiger partial charge in [-0.15, -0.1) is 29.8 Å². The maximum atomic E-state index is 4.46. The molecule has 0 atom stereocenters. The van der Waals surface area contributed by atoms with Gasteiger partial charge in [0, 0.05) is 36.4 Å². The molecule has 26 heavy (non-hydrogen) atoms. The van der Waals surface area contributed by atoms with Gasteiger partial charge in [-0.1, -0.05) is 48.5 Å². The van der Waals surface area contributed by atoms with Crippen LogP contribution in [0.3, 0.4) is 0 Å². The van der Waals surface area contributed by atoms with E-state index >= 15 is 0 Å². The van der Waals surface area contributed by atoms with E-state index < -0.39 is 0 Å². The maximum absolute atomic E-state index is 4.46. The maximum Gasteiger partial charge on any atom is 0.0523 e. The Hall–Kier alpha value is -2.77. The molecule has 0 N–H and O–H groups in total. The molecule has 3 aromatic carbocycles. The molecule has 5 aromatic rings. The minimum Gasteiger partial charge on any atom is -0.327 e. The summed E-state index contributed by atoms with van der Waals surface area (Å²) in [7, 11) is 0. The van der Waals surface area contributed by atoms with Crippen LogP contribution in [0.5, 0.6) is 0 Å². The van der Waals surface area contributed by atoms with Crippen molar-refractivity contribution >= 4 is 21.8 Å². The second-order valence-corrected chi connectivity index (χ2v) is 6.05. The summed E-state index contributed by atoms with van der Waals surface area (Å²) in [6.07, 6.45) is 1.82. The van der Waals surface area contributed by atoms with E-state index in [1.54, 1.807) is 0 Å². The molecule has 3 heteroatoms. The van der Waals surface area contributed by atoms with E-state index in [1.165, 1.54) is 21.8 Å².